The monoisotopic (exact) mass is 393 g/mol. The maximum Gasteiger partial charge on any atom is 0.336 e. The first-order valence-corrected chi connectivity index (χ1v) is 9.43. The molecule has 0 radical (unpaired) electrons. The van der Waals surface area contributed by atoms with Crippen LogP contribution in [0.25, 0.3) is 22.4 Å². The van der Waals surface area contributed by atoms with E-state index in [4.69, 9.17) is 8.83 Å². The predicted molar refractivity (Wildman–Crippen MR) is 106 cm³/mol. The average molecular weight is 393 g/mol. The van der Waals surface area contributed by atoms with E-state index in [-0.39, 0.29) is 11.7 Å². The maximum absolute atomic E-state index is 12.2. The van der Waals surface area contributed by atoms with E-state index in [0.717, 1.165) is 28.3 Å². The molecule has 4 aromatic rings. The van der Waals surface area contributed by atoms with Crippen LogP contribution in [0.5, 0.6) is 0 Å². The molecule has 2 aromatic carbocycles. The zero-order valence-corrected chi connectivity index (χ0v) is 15.7. The average Bonchev–Trinajstić information content (AvgIpc) is 3.16. The molecule has 7 nitrogen and oxygen atoms in total. The molecular formula is C20H15N3O4S. The lowest BCUT2D eigenvalue weighted by atomic mass is 10.1. The Balaban J connectivity index is 1.39. The number of aryl methyl sites for hydroxylation is 1. The van der Waals surface area contributed by atoms with Gasteiger partial charge in [-0.1, -0.05) is 30.0 Å². The van der Waals surface area contributed by atoms with Gasteiger partial charge < -0.3 is 14.2 Å². The highest BCUT2D eigenvalue weighted by molar-refractivity contribution is 7.99. The number of nitrogens with one attached hydrogen (secondary N) is 1. The molecule has 1 N–H and O–H groups in total. The quantitative estimate of drug-likeness (QED) is 0.406. The van der Waals surface area contributed by atoms with Crippen LogP contribution in [0, 0.1) is 6.92 Å². The lowest BCUT2D eigenvalue weighted by molar-refractivity contribution is -0.113. The van der Waals surface area contributed by atoms with Gasteiger partial charge in [0.1, 0.15) is 5.58 Å². The van der Waals surface area contributed by atoms with Crippen LogP contribution in [0.1, 0.15) is 5.56 Å². The number of nitrogens with zero attached hydrogens (tertiary/aromatic N) is 2. The third kappa shape index (κ3) is 3.96. The fraction of sp³-hybridized carbons (Fsp3) is 0.100. The van der Waals surface area contributed by atoms with E-state index in [9.17, 15) is 9.59 Å². The van der Waals surface area contributed by atoms with Crippen LogP contribution >= 0.6 is 11.8 Å². The molecule has 0 bridgehead atoms. The highest BCUT2D eigenvalue weighted by atomic mass is 32.2. The lowest BCUT2D eigenvalue weighted by Crippen LogP contribution is -2.14. The summed E-state index contributed by atoms with van der Waals surface area (Å²) in [6, 6.07) is 15.8. The molecule has 2 heterocycles. The molecule has 140 valence electrons. The zero-order chi connectivity index (χ0) is 19.5. The van der Waals surface area contributed by atoms with Crippen LogP contribution in [-0.4, -0.2) is 21.9 Å². The van der Waals surface area contributed by atoms with E-state index in [0.29, 0.717) is 22.4 Å². The Labute approximate surface area is 163 Å². The van der Waals surface area contributed by atoms with Crippen LogP contribution in [0.15, 0.2) is 73.4 Å². The smallest absolute Gasteiger partial charge is 0.336 e. The molecule has 0 saturated heterocycles. The molecule has 0 saturated carbocycles. The van der Waals surface area contributed by atoms with Gasteiger partial charge in [-0.3, -0.25) is 4.79 Å². The highest BCUT2D eigenvalue weighted by Crippen LogP contribution is 2.25. The Morgan fingerprint density at radius 3 is 2.79 bits per heavy atom. The molecule has 4 rings (SSSR count). The first-order chi connectivity index (χ1) is 13.6. The minimum atomic E-state index is -0.412. The molecule has 0 atom stereocenters. The van der Waals surface area contributed by atoms with Gasteiger partial charge in [0.2, 0.25) is 11.8 Å². The number of thioether (sulfide) groups is 1. The van der Waals surface area contributed by atoms with Gasteiger partial charge in [-0.2, -0.15) is 0 Å². The van der Waals surface area contributed by atoms with E-state index >= 15 is 0 Å². The maximum atomic E-state index is 12.2. The first-order valence-electron chi connectivity index (χ1n) is 8.44. The molecular weight excluding hydrogens is 378 g/mol. The van der Waals surface area contributed by atoms with Crippen molar-refractivity contribution in [1.29, 1.82) is 0 Å². The number of anilines is 1. The van der Waals surface area contributed by atoms with Crippen molar-refractivity contribution >= 4 is 34.3 Å². The van der Waals surface area contributed by atoms with Crippen molar-refractivity contribution in [3.63, 3.8) is 0 Å². The third-order valence-corrected chi connectivity index (χ3v) is 4.83. The highest BCUT2D eigenvalue weighted by Gasteiger charge is 2.13. The van der Waals surface area contributed by atoms with Crippen LogP contribution in [0.2, 0.25) is 0 Å². The van der Waals surface area contributed by atoms with Crippen LogP contribution in [0.4, 0.5) is 5.69 Å². The number of hydrogen-bond acceptors (Lipinski definition) is 7. The van der Waals surface area contributed by atoms with Crippen LogP contribution in [0.3, 0.4) is 0 Å². The largest absolute Gasteiger partial charge is 0.423 e. The number of benzene rings is 2. The first kappa shape index (κ1) is 18.0. The zero-order valence-electron chi connectivity index (χ0n) is 14.8. The van der Waals surface area contributed by atoms with Gasteiger partial charge in [-0.15, -0.1) is 10.2 Å². The molecule has 0 unspecified atom stereocenters. The summed E-state index contributed by atoms with van der Waals surface area (Å²) in [6.07, 6.45) is 0. The number of rotatable bonds is 5. The molecule has 0 spiro atoms. The van der Waals surface area contributed by atoms with Crippen molar-refractivity contribution in [2.45, 2.75) is 12.1 Å². The molecule has 0 fully saturated rings. The summed E-state index contributed by atoms with van der Waals surface area (Å²) in [5.74, 6) is 0.339. The van der Waals surface area contributed by atoms with Gasteiger partial charge in [0, 0.05) is 22.7 Å². The second-order valence-corrected chi connectivity index (χ2v) is 6.96. The van der Waals surface area contributed by atoms with Gasteiger partial charge in [0.05, 0.1) is 5.75 Å². The fourth-order valence-corrected chi connectivity index (χ4v) is 3.23. The van der Waals surface area contributed by atoms with Gasteiger partial charge in [-0.25, -0.2) is 4.79 Å². The van der Waals surface area contributed by atoms with Gasteiger partial charge in [0.25, 0.3) is 5.22 Å². The van der Waals surface area contributed by atoms with E-state index in [1.807, 2.05) is 31.2 Å². The number of amides is 1. The summed E-state index contributed by atoms with van der Waals surface area (Å²) in [6.45, 7) is 1.97. The molecule has 8 heteroatoms. The normalized spacial score (nSPS) is 10.9. The SMILES string of the molecule is Cc1ccccc1-c1nnc(SCC(=O)Nc2ccc3oc(=O)ccc3c2)o1. The Kier molecular flexibility index (Phi) is 4.94. The van der Waals surface area contributed by atoms with Gasteiger partial charge >= 0.3 is 5.63 Å². The minimum absolute atomic E-state index is 0.122. The van der Waals surface area contributed by atoms with Crippen molar-refractivity contribution in [1.82, 2.24) is 10.2 Å². The third-order valence-electron chi connectivity index (χ3n) is 4.01. The molecule has 0 aliphatic heterocycles. The molecule has 28 heavy (non-hydrogen) atoms. The Morgan fingerprint density at radius 1 is 1.07 bits per heavy atom. The lowest BCUT2D eigenvalue weighted by Gasteiger charge is -2.05. The number of carbonyl (C=O) groups excluding carboxylic acids is 1. The molecule has 0 aliphatic rings. The fourth-order valence-electron chi connectivity index (χ4n) is 2.66. The second kappa shape index (κ2) is 7.69. The topological polar surface area (TPSA) is 98.2 Å². The Hall–Kier alpha value is -3.39. The number of carbonyl (C=O) groups is 1. The molecule has 2 aromatic heterocycles. The number of fused-ring (bicyclic) bond motifs is 1. The van der Waals surface area contributed by atoms with E-state index < -0.39 is 5.63 Å². The van der Waals surface area contributed by atoms with Gasteiger partial charge in [0.15, 0.2) is 0 Å². The molecule has 1 amide bonds. The predicted octanol–water partition coefficient (Wildman–Crippen LogP) is 3.88. The summed E-state index contributed by atoms with van der Waals surface area (Å²) in [5, 5.41) is 11.9. The Morgan fingerprint density at radius 2 is 1.93 bits per heavy atom. The van der Waals surface area contributed by atoms with E-state index in [2.05, 4.69) is 15.5 Å². The van der Waals surface area contributed by atoms with Gasteiger partial charge in [-0.05, 0) is 42.8 Å². The van der Waals surface area contributed by atoms with E-state index in [1.165, 1.54) is 6.07 Å². The van der Waals surface area contributed by atoms with Crippen molar-refractivity contribution in [2.24, 2.45) is 0 Å². The summed E-state index contributed by atoms with van der Waals surface area (Å²) >= 11 is 1.16. The van der Waals surface area contributed by atoms with Crippen LogP contribution in [-0.2, 0) is 4.79 Å². The minimum Gasteiger partial charge on any atom is -0.423 e. The standard InChI is InChI=1S/C20H15N3O4S/c1-12-4-2-3-5-15(12)19-22-23-20(27-19)28-11-17(24)21-14-7-8-16-13(10-14)6-9-18(25)26-16/h2-10H,11H2,1H3,(H,21,24). The summed E-state index contributed by atoms with van der Waals surface area (Å²) in [7, 11) is 0. The van der Waals surface area contributed by atoms with E-state index in [1.54, 1.807) is 24.3 Å². The molecule has 0 aliphatic carbocycles. The van der Waals surface area contributed by atoms with Crippen molar-refractivity contribution in [2.75, 3.05) is 11.1 Å². The van der Waals surface area contributed by atoms with Crippen molar-refractivity contribution in [3.05, 3.63) is 70.6 Å². The second-order valence-electron chi connectivity index (χ2n) is 6.03. The number of aromatic nitrogens is 2. The van der Waals surface area contributed by atoms with Crippen molar-refractivity contribution in [3.8, 4) is 11.5 Å². The number of hydrogen-bond donors (Lipinski definition) is 1. The van der Waals surface area contributed by atoms with Crippen LogP contribution < -0.4 is 10.9 Å². The Bertz CT molecular complexity index is 1220. The summed E-state index contributed by atoms with van der Waals surface area (Å²) < 4.78 is 10.7. The summed E-state index contributed by atoms with van der Waals surface area (Å²) in [5.41, 5.74) is 2.57. The summed E-state index contributed by atoms with van der Waals surface area (Å²) in [4.78, 5) is 23.4. The van der Waals surface area contributed by atoms with Crippen molar-refractivity contribution < 1.29 is 13.6 Å².